The molecule has 5 heteroatoms. The van der Waals surface area contributed by atoms with Crippen LogP contribution in [0.4, 0.5) is 5.69 Å². The fraction of sp³-hybridized carbons (Fsp3) is 0.182. The zero-order valence-electron chi connectivity index (χ0n) is 15.4. The van der Waals surface area contributed by atoms with Crippen molar-refractivity contribution >= 4 is 17.4 Å². The molecule has 27 heavy (non-hydrogen) atoms. The third-order valence-corrected chi connectivity index (χ3v) is 4.44. The van der Waals surface area contributed by atoms with Crippen LogP contribution in [0.5, 0.6) is 0 Å². The first kappa shape index (κ1) is 18.6. The van der Waals surface area contributed by atoms with Crippen LogP contribution >= 0.6 is 0 Å². The number of Topliss-reactive ketones (excluding diaryl/α,β-unsaturated/α-hetero) is 1. The molecule has 0 unspecified atom stereocenters. The second kappa shape index (κ2) is 8.47. The summed E-state index contributed by atoms with van der Waals surface area (Å²) in [6.45, 7) is 3.36. The van der Waals surface area contributed by atoms with Crippen molar-refractivity contribution in [2.75, 3.05) is 5.32 Å². The summed E-state index contributed by atoms with van der Waals surface area (Å²) in [5.41, 5.74) is 2.25. The van der Waals surface area contributed by atoms with E-state index in [1.165, 1.54) is 6.92 Å². The average molecular weight is 363 g/mol. The Bertz CT molecular complexity index is 904. The summed E-state index contributed by atoms with van der Waals surface area (Å²) in [6, 6.07) is 20.2. The van der Waals surface area contributed by atoms with Crippen LogP contribution in [0.2, 0.25) is 0 Å². The minimum atomic E-state index is -0.360. The van der Waals surface area contributed by atoms with E-state index in [4.69, 9.17) is 4.42 Å². The van der Waals surface area contributed by atoms with Gasteiger partial charge < -0.3 is 15.1 Å². The Morgan fingerprint density at radius 2 is 1.78 bits per heavy atom. The Balaban J connectivity index is 1.74. The lowest BCUT2D eigenvalue weighted by atomic mass is 10.0. The van der Waals surface area contributed by atoms with E-state index >= 15 is 0 Å². The number of hydrogen-bond donors (Lipinski definition) is 2. The van der Waals surface area contributed by atoms with Gasteiger partial charge in [-0.2, -0.15) is 0 Å². The SMILES string of the molecule is CC(=O)c1cccc(NC(=O)[C@@H](C)[NH2+][C@@H](c2ccccc2)c2ccco2)c1. The summed E-state index contributed by atoms with van der Waals surface area (Å²) >= 11 is 0. The molecule has 1 amide bonds. The molecule has 0 aliphatic rings. The average Bonchev–Trinajstić information content (AvgIpc) is 3.21. The molecular formula is C22H23N2O3+. The monoisotopic (exact) mass is 363 g/mol. The largest absolute Gasteiger partial charge is 0.463 e. The maximum Gasteiger partial charge on any atom is 0.282 e. The molecule has 0 aliphatic heterocycles. The number of nitrogens with two attached hydrogens (primary N) is 1. The first-order valence-corrected chi connectivity index (χ1v) is 8.90. The van der Waals surface area contributed by atoms with E-state index in [0.717, 1.165) is 11.3 Å². The van der Waals surface area contributed by atoms with Crippen molar-refractivity contribution in [1.29, 1.82) is 0 Å². The summed E-state index contributed by atoms with van der Waals surface area (Å²) < 4.78 is 5.59. The molecule has 0 spiro atoms. The molecule has 5 nitrogen and oxygen atoms in total. The number of hydrogen-bond acceptors (Lipinski definition) is 3. The molecule has 0 saturated heterocycles. The summed E-state index contributed by atoms with van der Waals surface area (Å²) in [7, 11) is 0. The molecule has 0 bridgehead atoms. The third-order valence-electron chi connectivity index (χ3n) is 4.44. The molecule has 1 heterocycles. The summed E-state index contributed by atoms with van der Waals surface area (Å²) in [4.78, 5) is 24.2. The predicted molar refractivity (Wildman–Crippen MR) is 103 cm³/mol. The second-order valence-electron chi connectivity index (χ2n) is 6.51. The van der Waals surface area contributed by atoms with Crippen molar-refractivity contribution < 1.29 is 19.3 Å². The van der Waals surface area contributed by atoms with E-state index in [1.807, 2.05) is 54.7 Å². The predicted octanol–water partition coefficient (Wildman–Crippen LogP) is 3.16. The van der Waals surface area contributed by atoms with Crippen LogP contribution < -0.4 is 10.6 Å². The van der Waals surface area contributed by atoms with E-state index < -0.39 is 0 Å². The minimum absolute atomic E-state index is 0.0346. The molecule has 3 N–H and O–H groups in total. The first-order chi connectivity index (χ1) is 13.0. The molecule has 2 aromatic carbocycles. The Morgan fingerprint density at radius 3 is 2.44 bits per heavy atom. The number of nitrogens with one attached hydrogen (secondary N) is 1. The Morgan fingerprint density at radius 1 is 1.00 bits per heavy atom. The van der Waals surface area contributed by atoms with Gasteiger partial charge in [0.2, 0.25) is 0 Å². The Kier molecular flexibility index (Phi) is 5.84. The van der Waals surface area contributed by atoms with Gasteiger partial charge in [0.05, 0.1) is 6.26 Å². The van der Waals surface area contributed by atoms with Gasteiger partial charge in [0.1, 0.15) is 0 Å². The van der Waals surface area contributed by atoms with Crippen LogP contribution in [0.1, 0.15) is 41.6 Å². The lowest BCUT2D eigenvalue weighted by Gasteiger charge is -2.19. The highest BCUT2D eigenvalue weighted by Gasteiger charge is 2.26. The van der Waals surface area contributed by atoms with E-state index in [1.54, 1.807) is 30.5 Å². The van der Waals surface area contributed by atoms with E-state index in [0.29, 0.717) is 11.3 Å². The quantitative estimate of drug-likeness (QED) is 0.633. The smallest absolute Gasteiger partial charge is 0.282 e. The second-order valence-corrected chi connectivity index (χ2v) is 6.51. The van der Waals surface area contributed by atoms with E-state index in [-0.39, 0.29) is 23.8 Å². The number of anilines is 1. The lowest BCUT2D eigenvalue weighted by Crippen LogP contribution is -2.92. The number of amides is 1. The van der Waals surface area contributed by atoms with Gasteiger partial charge in [-0.05, 0) is 38.1 Å². The van der Waals surface area contributed by atoms with Gasteiger partial charge in [0.25, 0.3) is 5.91 Å². The molecule has 2 atom stereocenters. The van der Waals surface area contributed by atoms with Gasteiger partial charge >= 0.3 is 0 Å². The number of benzene rings is 2. The van der Waals surface area contributed by atoms with Gasteiger partial charge in [0.15, 0.2) is 23.6 Å². The van der Waals surface area contributed by atoms with Crippen LogP contribution in [0.25, 0.3) is 0 Å². The summed E-state index contributed by atoms with van der Waals surface area (Å²) in [5, 5.41) is 4.86. The highest BCUT2D eigenvalue weighted by Crippen LogP contribution is 2.19. The Hall–Kier alpha value is -3.18. The fourth-order valence-electron chi connectivity index (χ4n) is 2.95. The maximum absolute atomic E-state index is 12.7. The molecule has 138 valence electrons. The number of rotatable bonds is 7. The lowest BCUT2D eigenvalue weighted by molar-refractivity contribution is -0.706. The van der Waals surface area contributed by atoms with Gasteiger partial charge in [-0.15, -0.1) is 0 Å². The minimum Gasteiger partial charge on any atom is -0.463 e. The van der Waals surface area contributed by atoms with Crippen LogP contribution in [-0.2, 0) is 4.79 Å². The highest BCUT2D eigenvalue weighted by atomic mass is 16.3. The van der Waals surface area contributed by atoms with Crippen molar-refractivity contribution in [2.24, 2.45) is 0 Å². The van der Waals surface area contributed by atoms with E-state index in [9.17, 15) is 9.59 Å². The normalized spacial score (nSPS) is 13.0. The zero-order valence-corrected chi connectivity index (χ0v) is 15.4. The van der Waals surface area contributed by atoms with Gasteiger partial charge in [-0.25, -0.2) is 0 Å². The molecule has 0 radical (unpaired) electrons. The molecule has 3 rings (SSSR count). The number of carbonyl (C=O) groups excluding carboxylic acids is 2. The molecule has 3 aromatic rings. The van der Waals surface area contributed by atoms with Crippen molar-refractivity contribution in [2.45, 2.75) is 25.9 Å². The van der Waals surface area contributed by atoms with Crippen molar-refractivity contribution in [1.82, 2.24) is 0 Å². The van der Waals surface area contributed by atoms with Gasteiger partial charge in [0, 0.05) is 16.8 Å². The molecular weight excluding hydrogens is 340 g/mol. The van der Waals surface area contributed by atoms with Crippen LogP contribution in [-0.4, -0.2) is 17.7 Å². The van der Waals surface area contributed by atoms with Crippen LogP contribution in [0.3, 0.4) is 0 Å². The molecule has 1 aromatic heterocycles. The van der Waals surface area contributed by atoms with Crippen molar-refractivity contribution in [3.05, 3.63) is 89.9 Å². The third kappa shape index (κ3) is 4.71. The van der Waals surface area contributed by atoms with E-state index in [2.05, 4.69) is 5.32 Å². The number of quaternary nitrogens is 1. The fourth-order valence-corrected chi connectivity index (χ4v) is 2.95. The number of carbonyl (C=O) groups is 2. The molecule has 0 aliphatic carbocycles. The first-order valence-electron chi connectivity index (χ1n) is 8.90. The summed E-state index contributed by atoms with van der Waals surface area (Å²) in [5.74, 6) is 0.621. The molecule has 0 saturated carbocycles. The van der Waals surface area contributed by atoms with Crippen LogP contribution in [0.15, 0.2) is 77.4 Å². The zero-order chi connectivity index (χ0) is 19.2. The summed E-state index contributed by atoms with van der Waals surface area (Å²) in [6.07, 6.45) is 1.64. The van der Waals surface area contributed by atoms with Gasteiger partial charge in [-0.1, -0.05) is 42.5 Å². The number of furan rings is 1. The van der Waals surface area contributed by atoms with Crippen LogP contribution in [0, 0.1) is 0 Å². The number of ketones is 1. The topological polar surface area (TPSA) is 75.9 Å². The van der Waals surface area contributed by atoms with Gasteiger partial charge in [-0.3, -0.25) is 9.59 Å². The maximum atomic E-state index is 12.7. The standard InChI is InChI=1S/C22H22N2O3/c1-15(22(26)24-19-11-6-10-18(14-19)16(2)25)23-21(20-12-7-13-27-20)17-8-4-3-5-9-17/h3-15,21,23H,1-2H3,(H,24,26)/p+1/t15-,21+/m1/s1. The van der Waals surface area contributed by atoms with Crippen molar-refractivity contribution in [3.8, 4) is 0 Å². The Labute approximate surface area is 158 Å². The highest BCUT2D eigenvalue weighted by molar-refractivity contribution is 5.97. The van der Waals surface area contributed by atoms with Crippen molar-refractivity contribution in [3.63, 3.8) is 0 Å². The molecule has 0 fully saturated rings.